The molecule has 0 spiro atoms. The molecule has 0 saturated heterocycles. The Kier molecular flexibility index (Phi) is 4.04. The van der Waals surface area contributed by atoms with Crippen molar-refractivity contribution in [2.45, 2.75) is 0 Å². The van der Waals surface area contributed by atoms with E-state index in [4.69, 9.17) is 29.8 Å². The molecule has 11 rings (SSSR count). The molecule has 4 aromatic heterocycles. The van der Waals surface area contributed by atoms with Crippen LogP contribution in [0.2, 0.25) is 0 Å². The Hall–Kier alpha value is -7.05. The molecule has 0 aliphatic rings. The van der Waals surface area contributed by atoms with Crippen molar-refractivity contribution in [2.24, 2.45) is 0 Å². The van der Waals surface area contributed by atoms with Gasteiger partial charge in [-0.25, -0.2) is 4.98 Å². The van der Waals surface area contributed by atoms with Crippen LogP contribution in [0.5, 0.6) is 0 Å². The third-order valence-corrected chi connectivity index (χ3v) is 9.08. The monoisotopic (exact) mass is 665 g/mol. The van der Waals surface area contributed by atoms with Gasteiger partial charge >= 0.3 is 0 Å². The van der Waals surface area contributed by atoms with Gasteiger partial charge in [0, 0.05) is 43.4 Å². The quantitative estimate of drug-likeness (QED) is 0.187. The third kappa shape index (κ3) is 4.26. The van der Waals surface area contributed by atoms with Crippen LogP contribution in [0.25, 0.3) is 106 Å². The lowest BCUT2D eigenvalue weighted by Gasteiger charge is -2.11. The van der Waals surface area contributed by atoms with Crippen LogP contribution >= 0.6 is 0 Å². The summed E-state index contributed by atoms with van der Waals surface area (Å²) in [6.45, 7) is 0. The molecule has 6 heteroatoms. The van der Waals surface area contributed by atoms with Gasteiger partial charge in [0.2, 0.25) is 5.95 Å². The number of rotatable bonds is 4. The second-order valence-corrected chi connectivity index (χ2v) is 12.0. The van der Waals surface area contributed by atoms with Gasteiger partial charge in [-0.1, -0.05) is 115 Å². The van der Waals surface area contributed by atoms with E-state index in [9.17, 15) is 4.11 Å². The highest BCUT2D eigenvalue weighted by Gasteiger charge is 2.21. The molecule has 0 amide bonds. The number of hydrogen-bond acceptors (Lipinski definition) is 5. The zero-order valence-electron chi connectivity index (χ0n) is 37.3. The summed E-state index contributed by atoms with van der Waals surface area (Å²) in [6, 6.07) is 22.1. The summed E-state index contributed by atoms with van der Waals surface area (Å²) >= 11 is 0. The van der Waals surface area contributed by atoms with E-state index in [1.807, 2.05) is 60.7 Å². The van der Waals surface area contributed by atoms with Crippen LogP contribution in [0.15, 0.2) is 166 Å². The van der Waals surface area contributed by atoms with Gasteiger partial charge in [0.25, 0.3) is 0 Å². The molecule has 0 saturated carbocycles. The summed E-state index contributed by atoms with van der Waals surface area (Å²) in [6.07, 6.45) is 0. The van der Waals surface area contributed by atoms with Crippen molar-refractivity contribution in [2.75, 3.05) is 0 Å². The maximum absolute atomic E-state index is 9.58. The van der Waals surface area contributed by atoms with Crippen molar-refractivity contribution in [3.8, 4) is 39.9 Å². The summed E-state index contributed by atoms with van der Waals surface area (Å²) in [7, 11) is 0. The minimum atomic E-state index is -0.627. The number of benzene rings is 7. The van der Waals surface area contributed by atoms with Crippen LogP contribution in [-0.2, 0) is 0 Å². The molecule has 51 heavy (non-hydrogen) atoms. The Morgan fingerprint density at radius 2 is 1.24 bits per heavy atom. The molecular formula is C45H26N4O2. The molecule has 11 aromatic rings. The van der Waals surface area contributed by atoms with E-state index < -0.39 is 60.4 Å². The van der Waals surface area contributed by atoms with Gasteiger partial charge in [-0.3, -0.25) is 4.57 Å². The van der Waals surface area contributed by atoms with Gasteiger partial charge in [0.15, 0.2) is 11.6 Å². The van der Waals surface area contributed by atoms with E-state index in [1.54, 1.807) is 34.9 Å². The average Bonchev–Trinajstić information content (AvgIpc) is 3.96. The number of para-hydroxylation sites is 2. The van der Waals surface area contributed by atoms with Crippen molar-refractivity contribution in [3.63, 3.8) is 0 Å². The zero-order chi connectivity index (χ0) is 43.0. The summed E-state index contributed by atoms with van der Waals surface area (Å²) in [5, 5.41) is 3.33. The average molecular weight is 666 g/mol. The van der Waals surface area contributed by atoms with E-state index in [-0.39, 0.29) is 62.3 Å². The molecule has 4 heterocycles. The van der Waals surface area contributed by atoms with Gasteiger partial charge in [-0.15, -0.1) is 0 Å². The van der Waals surface area contributed by atoms with Gasteiger partial charge < -0.3 is 8.83 Å². The van der Waals surface area contributed by atoms with Crippen molar-refractivity contribution < 1.29 is 23.9 Å². The van der Waals surface area contributed by atoms with Crippen LogP contribution in [-0.4, -0.2) is 19.5 Å². The Morgan fingerprint density at radius 1 is 0.471 bits per heavy atom. The summed E-state index contributed by atoms with van der Waals surface area (Å²) < 4.78 is 112. The topological polar surface area (TPSA) is 69.9 Å². The molecule has 0 aliphatic carbocycles. The fourth-order valence-corrected chi connectivity index (χ4v) is 6.83. The van der Waals surface area contributed by atoms with Crippen LogP contribution in [0.4, 0.5) is 0 Å². The molecule has 0 fully saturated rings. The summed E-state index contributed by atoms with van der Waals surface area (Å²) in [5.41, 5.74) is 2.28. The van der Waals surface area contributed by atoms with E-state index in [0.717, 1.165) is 21.5 Å². The number of fused-ring (bicyclic) bond motifs is 9. The molecule has 0 bridgehead atoms. The lowest BCUT2D eigenvalue weighted by atomic mass is 9.99. The maximum atomic E-state index is 9.58. The first-order chi connectivity index (χ1) is 29.8. The van der Waals surface area contributed by atoms with E-state index in [1.165, 1.54) is 0 Å². The maximum Gasteiger partial charge on any atom is 0.238 e. The Morgan fingerprint density at radius 3 is 2.12 bits per heavy atom. The molecule has 6 nitrogen and oxygen atoms in total. The highest BCUT2D eigenvalue weighted by molar-refractivity contribution is 6.17. The number of furan rings is 2. The van der Waals surface area contributed by atoms with Crippen LogP contribution in [0.1, 0.15) is 15.1 Å². The van der Waals surface area contributed by atoms with Gasteiger partial charge in [-0.05, 0) is 53.5 Å². The first-order valence-electron chi connectivity index (χ1n) is 21.5. The Balaban J connectivity index is 1.27. The molecule has 0 radical (unpaired) electrons. The predicted octanol–water partition coefficient (Wildman–Crippen LogP) is 11.8. The fraction of sp³-hybridized carbons (Fsp3) is 0. The van der Waals surface area contributed by atoms with Crippen molar-refractivity contribution in [1.29, 1.82) is 0 Å². The highest BCUT2D eigenvalue weighted by Crippen LogP contribution is 2.40. The second kappa shape index (κ2) is 10.7. The predicted molar refractivity (Wildman–Crippen MR) is 205 cm³/mol. The van der Waals surface area contributed by atoms with E-state index in [0.29, 0.717) is 27.8 Å². The Bertz CT molecular complexity index is 3760. The first-order valence-corrected chi connectivity index (χ1v) is 16.0. The molecular weight excluding hydrogens is 629 g/mol. The zero-order valence-corrected chi connectivity index (χ0v) is 26.3. The van der Waals surface area contributed by atoms with Crippen molar-refractivity contribution >= 4 is 65.7 Å². The van der Waals surface area contributed by atoms with E-state index >= 15 is 0 Å². The largest absolute Gasteiger partial charge is 0.456 e. The minimum absolute atomic E-state index is 0.0153. The Labute approximate surface area is 306 Å². The molecule has 0 aliphatic heterocycles. The second-order valence-electron chi connectivity index (χ2n) is 12.0. The fourth-order valence-electron chi connectivity index (χ4n) is 6.83. The smallest absolute Gasteiger partial charge is 0.238 e. The van der Waals surface area contributed by atoms with Crippen LogP contribution in [0.3, 0.4) is 0 Å². The van der Waals surface area contributed by atoms with Crippen molar-refractivity contribution in [3.05, 3.63) is 157 Å². The number of nitrogens with zero attached hydrogens (tertiary/aromatic N) is 4. The van der Waals surface area contributed by atoms with E-state index in [2.05, 4.69) is 4.98 Å². The summed E-state index contributed by atoms with van der Waals surface area (Å²) in [5.74, 6) is -0.766. The normalized spacial score (nSPS) is 14.9. The lowest BCUT2D eigenvalue weighted by molar-refractivity contribution is 0.669. The molecule has 238 valence electrons. The molecule has 0 unspecified atom stereocenters. The van der Waals surface area contributed by atoms with Gasteiger partial charge in [0.05, 0.1) is 26.1 Å². The highest BCUT2D eigenvalue weighted by atomic mass is 16.3. The molecule has 0 N–H and O–H groups in total. The minimum Gasteiger partial charge on any atom is -0.456 e. The first kappa shape index (κ1) is 19.2. The van der Waals surface area contributed by atoms with Crippen LogP contribution in [0, 0.1) is 0 Å². The SMILES string of the molecule is [2H]c1c([2H])c([2H])c(-c2nc(-c3c([2H])c([2H])c4c(oc5c([2H])c([2H])c([2H])c(-c6ccccc6)c54)c3[2H])nc(-n3c4ccccc4c4cc5oc6ccccc6c5cc43)n2)c([2H])c1[2H]. The summed E-state index contributed by atoms with van der Waals surface area (Å²) in [4.78, 5) is 14.3. The van der Waals surface area contributed by atoms with Crippen molar-refractivity contribution in [1.82, 2.24) is 19.5 Å². The lowest BCUT2D eigenvalue weighted by Crippen LogP contribution is -2.06. The van der Waals surface area contributed by atoms with Gasteiger partial charge in [-0.2, -0.15) is 9.97 Å². The number of aromatic nitrogens is 4. The van der Waals surface area contributed by atoms with Gasteiger partial charge in [0.1, 0.15) is 22.3 Å². The van der Waals surface area contributed by atoms with Crippen LogP contribution < -0.4 is 0 Å². The molecule has 0 atom stereocenters. The third-order valence-electron chi connectivity index (χ3n) is 9.08. The standard InChI is InChI=1S/C45H26N4O2/c1-3-12-27(13-4-1)30-18-11-21-39-42(30)33-23-22-29(24-40(33)51-39)44-46-43(28-14-5-2-6-15-28)47-45(48-44)49-36-19-9-7-16-31(36)34-26-41-35(25-37(34)49)32-17-8-10-20-38(32)50-41/h1-26H/i2D,5D,6D,11D,14D,15D,18D,21D,22D,23D,24D. The molecule has 7 aromatic carbocycles. The number of hydrogen-bond donors (Lipinski definition) is 0.